The lowest BCUT2D eigenvalue weighted by Gasteiger charge is -2.26. The number of aromatic nitrogens is 2. The molecule has 8 nitrogen and oxygen atoms in total. The SMILES string of the molecule is CCCN(C[C@H]1CCCO1)C(=O)c1cc(NS(=O)(=O)c2ccccc2)cc2nc(C)n(CC)c12. The number of benzene rings is 2. The summed E-state index contributed by atoms with van der Waals surface area (Å²) in [5.41, 5.74) is 2.07. The second kappa shape index (κ2) is 10.1. The van der Waals surface area contributed by atoms with Crippen LogP contribution < -0.4 is 4.72 Å². The molecule has 0 unspecified atom stereocenters. The largest absolute Gasteiger partial charge is 0.376 e. The molecule has 4 rings (SSSR count). The summed E-state index contributed by atoms with van der Waals surface area (Å²) in [6.07, 6.45) is 2.78. The maximum Gasteiger partial charge on any atom is 0.261 e. The van der Waals surface area contributed by atoms with Gasteiger partial charge < -0.3 is 14.2 Å². The van der Waals surface area contributed by atoms with Gasteiger partial charge in [-0.25, -0.2) is 13.4 Å². The number of rotatable bonds is 9. The number of amides is 1. The molecule has 1 N–H and O–H groups in total. The summed E-state index contributed by atoms with van der Waals surface area (Å²) in [6, 6.07) is 11.5. The van der Waals surface area contributed by atoms with E-state index in [0.717, 1.165) is 37.2 Å². The highest BCUT2D eigenvalue weighted by molar-refractivity contribution is 7.92. The first-order chi connectivity index (χ1) is 16.3. The first kappa shape index (κ1) is 24.2. The van der Waals surface area contributed by atoms with Crippen molar-refractivity contribution in [3.8, 4) is 0 Å². The van der Waals surface area contributed by atoms with Crippen LogP contribution in [-0.4, -0.2) is 54.6 Å². The molecule has 2 heterocycles. The first-order valence-electron chi connectivity index (χ1n) is 11.8. The number of anilines is 1. The number of fused-ring (bicyclic) bond motifs is 1. The Morgan fingerprint density at radius 3 is 2.65 bits per heavy atom. The molecule has 1 saturated heterocycles. The van der Waals surface area contributed by atoms with Crippen molar-refractivity contribution in [3.05, 3.63) is 53.9 Å². The third-order valence-corrected chi connectivity index (χ3v) is 7.51. The molecule has 1 atom stereocenters. The van der Waals surface area contributed by atoms with E-state index in [4.69, 9.17) is 4.74 Å². The van der Waals surface area contributed by atoms with Crippen LogP contribution in [0.1, 0.15) is 49.3 Å². The predicted octanol–water partition coefficient (Wildman–Crippen LogP) is 4.20. The van der Waals surface area contributed by atoms with Gasteiger partial charge in [0.15, 0.2) is 0 Å². The van der Waals surface area contributed by atoms with Crippen LogP contribution in [0.4, 0.5) is 5.69 Å². The Bertz CT molecular complexity index is 1270. The topological polar surface area (TPSA) is 93.5 Å². The van der Waals surface area contributed by atoms with E-state index in [9.17, 15) is 13.2 Å². The van der Waals surface area contributed by atoms with Crippen LogP contribution in [-0.2, 0) is 21.3 Å². The molecule has 9 heteroatoms. The highest BCUT2D eigenvalue weighted by atomic mass is 32.2. The monoisotopic (exact) mass is 484 g/mol. The van der Waals surface area contributed by atoms with Crippen LogP contribution in [0.2, 0.25) is 0 Å². The van der Waals surface area contributed by atoms with Gasteiger partial charge in [-0.3, -0.25) is 9.52 Å². The third kappa shape index (κ3) is 4.95. The predicted molar refractivity (Wildman–Crippen MR) is 133 cm³/mol. The van der Waals surface area contributed by atoms with Gasteiger partial charge in [-0.2, -0.15) is 0 Å². The quantitative estimate of drug-likeness (QED) is 0.491. The number of imidazole rings is 1. The molecule has 0 spiro atoms. The molecule has 1 aliphatic rings. The molecule has 1 amide bonds. The molecule has 0 radical (unpaired) electrons. The van der Waals surface area contributed by atoms with E-state index >= 15 is 0 Å². The molecule has 1 aliphatic heterocycles. The first-order valence-corrected chi connectivity index (χ1v) is 13.3. The van der Waals surface area contributed by atoms with Crippen LogP contribution in [0.5, 0.6) is 0 Å². The number of carbonyl (C=O) groups is 1. The molecule has 2 aromatic carbocycles. The lowest BCUT2D eigenvalue weighted by Crippen LogP contribution is -2.38. The summed E-state index contributed by atoms with van der Waals surface area (Å²) in [6.45, 7) is 8.42. The van der Waals surface area contributed by atoms with Crippen LogP contribution in [0.15, 0.2) is 47.4 Å². The normalized spacial score (nSPS) is 16.1. The third-order valence-electron chi connectivity index (χ3n) is 6.11. The number of ether oxygens (including phenoxy) is 1. The maximum atomic E-state index is 13.9. The number of nitrogens with zero attached hydrogens (tertiary/aromatic N) is 3. The van der Waals surface area contributed by atoms with Crippen molar-refractivity contribution < 1.29 is 17.9 Å². The summed E-state index contributed by atoms with van der Waals surface area (Å²) in [5, 5.41) is 0. The number of aryl methyl sites for hydroxylation is 2. The summed E-state index contributed by atoms with van der Waals surface area (Å²) >= 11 is 0. The van der Waals surface area contributed by atoms with E-state index in [1.165, 1.54) is 12.1 Å². The van der Waals surface area contributed by atoms with Crippen molar-refractivity contribution in [1.82, 2.24) is 14.5 Å². The Kier molecular flexibility index (Phi) is 7.23. The number of hydrogen-bond acceptors (Lipinski definition) is 5. The average molecular weight is 485 g/mol. The van der Waals surface area contributed by atoms with Gasteiger partial charge in [0.25, 0.3) is 15.9 Å². The Labute approximate surface area is 201 Å². The van der Waals surface area contributed by atoms with Crippen molar-refractivity contribution in [2.45, 2.75) is 57.6 Å². The minimum absolute atomic E-state index is 0.0311. The van der Waals surface area contributed by atoms with E-state index < -0.39 is 10.0 Å². The summed E-state index contributed by atoms with van der Waals surface area (Å²) in [5.74, 6) is 0.633. The van der Waals surface area contributed by atoms with Gasteiger partial charge in [-0.1, -0.05) is 25.1 Å². The molecule has 0 saturated carbocycles. The zero-order chi connectivity index (χ0) is 24.3. The molecule has 1 fully saturated rings. The average Bonchev–Trinajstić information content (AvgIpc) is 3.44. The van der Waals surface area contributed by atoms with Crippen LogP contribution in [0.3, 0.4) is 0 Å². The van der Waals surface area contributed by atoms with E-state index in [2.05, 4.69) is 9.71 Å². The summed E-state index contributed by atoms with van der Waals surface area (Å²) < 4.78 is 36.4. The fraction of sp³-hybridized carbons (Fsp3) is 0.440. The lowest BCUT2D eigenvalue weighted by atomic mass is 10.1. The van der Waals surface area contributed by atoms with Gasteiger partial charge in [0.1, 0.15) is 5.82 Å². The zero-order valence-corrected chi connectivity index (χ0v) is 20.8. The molecule has 0 aliphatic carbocycles. The van der Waals surface area contributed by atoms with Crippen LogP contribution >= 0.6 is 0 Å². The summed E-state index contributed by atoms with van der Waals surface area (Å²) in [7, 11) is -3.81. The number of sulfonamides is 1. The Hall–Kier alpha value is -2.91. The Morgan fingerprint density at radius 2 is 2.00 bits per heavy atom. The molecular weight excluding hydrogens is 452 g/mol. The second-order valence-electron chi connectivity index (χ2n) is 8.60. The molecular formula is C25H32N4O4S. The van der Waals surface area contributed by atoms with Crippen molar-refractivity contribution in [2.75, 3.05) is 24.4 Å². The standard InChI is InChI=1S/C25H32N4O4S/c1-4-13-28(17-20-10-9-14-33-20)25(30)22-15-19(16-23-24(22)29(5-2)18(3)26-23)27-34(31,32)21-11-7-6-8-12-21/h6-8,11-12,15-16,20,27H,4-5,9-10,13-14,17H2,1-3H3/t20-/m1/s1. The van der Waals surface area contributed by atoms with Gasteiger partial charge in [0.05, 0.1) is 33.3 Å². The van der Waals surface area contributed by atoms with Gasteiger partial charge in [0, 0.05) is 26.2 Å². The molecule has 3 aromatic rings. The Morgan fingerprint density at radius 1 is 1.24 bits per heavy atom. The van der Waals surface area contributed by atoms with Crippen LogP contribution in [0.25, 0.3) is 11.0 Å². The fourth-order valence-electron chi connectivity index (χ4n) is 4.56. The Balaban J connectivity index is 1.77. The second-order valence-corrected chi connectivity index (χ2v) is 10.3. The lowest BCUT2D eigenvalue weighted by molar-refractivity contribution is 0.0527. The number of hydrogen-bond donors (Lipinski definition) is 1. The van der Waals surface area contributed by atoms with Gasteiger partial charge in [0.2, 0.25) is 0 Å². The van der Waals surface area contributed by atoms with Gasteiger partial charge in [-0.05, 0) is 57.4 Å². The van der Waals surface area contributed by atoms with Crippen molar-refractivity contribution in [1.29, 1.82) is 0 Å². The van der Waals surface area contributed by atoms with E-state index in [1.54, 1.807) is 30.3 Å². The summed E-state index contributed by atoms with van der Waals surface area (Å²) in [4.78, 5) is 20.5. The van der Waals surface area contributed by atoms with E-state index in [0.29, 0.717) is 36.4 Å². The zero-order valence-electron chi connectivity index (χ0n) is 20.0. The molecule has 1 aromatic heterocycles. The number of carbonyl (C=O) groups excluding carboxylic acids is 1. The number of nitrogens with one attached hydrogen (secondary N) is 1. The van der Waals surface area contributed by atoms with Gasteiger partial charge in [-0.15, -0.1) is 0 Å². The highest BCUT2D eigenvalue weighted by Gasteiger charge is 2.27. The van der Waals surface area contributed by atoms with Crippen molar-refractivity contribution in [3.63, 3.8) is 0 Å². The minimum atomic E-state index is -3.81. The molecule has 34 heavy (non-hydrogen) atoms. The smallest absolute Gasteiger partial charge is 0.261 e. The minimum Gasteiger partial charge on any atom is -0.376 e. The van der Waals surface area contributed by atoms with Crippen molar-refractivity contribution in [2.24, 2.45) is 0 Å². The molecule has 0 bridgehead atoms. The molecule has 182 valence electrons. The van der Waals surface area contributed by atoms with Crippen molar-refractivity contribution >= 4 is 32.7 Å². The maximum absolute atomic E-state index is 13.9. The van der Waals surface area contributed by atoms with Gasteiger partial charge >= 0.3 is 0 Å². The van der Waals surface area contributed by atoms with Crippen LogP contribution in [0, 0.1) is 6.92 Å². The fourth-order valence-corrected chi connectivity index (χ4v) is 5.62. The highest BCUT2D eigenvalue weighted by Crippen LogP contribution is 2.28. The van der Waals surface area contributed by atoms with E-state index in [-0.39, 0.29) is 16.9 Å². The van der Waals surface area contributed by atoms with E-state index in [1.807, 2.05) is 30.2 Å².